The minimum Gasteiger partial charge on any atom is -0.258 e. The van der Waals surface area contributed by atoms with Gasteiger partial charge in [0.1, 0.15) is 0 Å². The molecule has 0 aliphatic rings. The number of nitro groups is 1. The summed E-state index contributed by atoms with van der Waals surface area (Å²) >= 11 is 0. The summed E-state index contributed by atoms with van der Waals surface area (Å²) < 4.78 is 13.3. The fourth-order valence-corrected chi connectivity index (χ4v) is 1.52. The van der Waals surface area contributed by atoms with Crippen LogP contribution >= 0.6 is 0 Å². The zero-order valence-corrected chi connectivity index (χ0v) is 8.92. The van der Waals surface area contributed by atoms with Crippen LogP contribution in [0.4, 0.5) is 10.1 Å². The highest BCUT2D eigenvalue weighted by Crippen LogP contribution is 2.28. The van der Waals surface area contributed by atoms with Crippen molar-refractivity contribution in [1.82, 2.24) is 10.2 Å². The Morgan fingerprint density at radius 2 is 2.18 bits per heavy atom. The smallest absolute Gasteiger partial charge is 0.258 e. The van der Waals surface area contributed by atoms with Crippen LogP contribution in [0.15, 0.2) is 30.5 Å². The van der Waals surface area contributed by atoms with E-state index < -0.39 is 16.4 Å². The molecule has 2 aromatic rings. The van der Waals surface area contributed by atoms with E-state index in [1.54, 1.807) is 19.1 Å². The Morgan fingerprint density at radius 1 is 1.41 bits per heavy atom. The minimum absolute atomic E-state index is 0.480. The van der Waals surface area contributed by atoms with Crippen molar-refractivity contribution >= 4 is 5.69 Å². The van der Waals surface area contributed by atoms with E-state index in [1.807, 2.05) is 0 Å². The number of nitrogens with zero attached hydrogens (tertiary/aromatic N) is 3. The maximum Gasteiger partial charge on any atom is 0.305 e. The lowest BCUT2D eigenvalue weighted by Gasteiger charge is -2.04. The molecule has 0 atom stereocenters. The molecule has 0 amide bonds. The lowest BCUT2D eigenvalue weighted by molar-refractivity contribution is -0.387. The van der Waals surface area contributed by atoms with Crippen LogP contribution in [-0.4, -0.2) is 15.1 Å². The first-order valence-electron chi connectivity index (χ1n) is 4.82. The van der Waals surface area contributed by atoms with Crippen LogP contribution in [0.3, 0.4) is 0 Å². The van der Waals surface area contributed by atoms with Gasteiger partial charge in [0, 0.05) is 17.8 Å². The Labute approximate surface area is 96.1 Å². The molecule has 0 saturated heterocycles. The second kappa shape index (κ2) is 4.25. The number of hydrogen-bond acceptors (Lipinski definition) is 4. The molecule has 6 heteroatoms. The van der Waals surface area contributed by atoms with Crippen LogP contribution in [0.5, 0.6) is 0 Å². The molecular weight excluding hydrogens is 225 g/mol. The summed E-state index contributed by atoms with van der Waals surface area (Å²) in [5.74, 6) is -0.847. The van der Waals surface area contributed by atoms with E-state index >= 15 is 0 Å². The number of hydrogen-bond donors (Lipinski definition) is 0. The lowest BCUT2D eigenvalue weighted by atomic mass is 10.0. The summed E-state index contributed by atoms with van der Waals surface area (Å²) in [6.07, 6.45) is 1.50. The summed E-state index contributed by atoms with van der Waals surface area (Å²) in [4.78, 5) is 9.89. The monoisotopic (exact) mass is 233 g/mol. The summed E-state index contributed by atoms with van der Waals surface area (Å²) in [5, 5.41) is 18.2. The molecular formula is C11H8FN3O2. The SMILES string of the molecule is Cc1cc(F)c([N+](=O)[O-])cc1-c1cccnn1. The first-order valence-corrected chi connectivity index (χ1v) is 4.82. The highest BCUT2D eigenvalue weighted by atomic mass is 19.1. The zero-order chi connectivity index (χ0) is 12.4. The molecule has 5 nitrogen and oxygen atoms in total. The quantitative estimate of drug-likeness (QED) is 0.590. The number of aryl methyl sites for hydroxylation is 1. The van der Waals surface area contributed by atoms with Crippen molar-refractivity contribution in [2.45, 2.75) is 6.92 Å². The van der Waals surface area contributed by atoms with Crippen molar-refractivity contribution in [3.05, 3.63) is 52.0 Å². The van der Waals surface area contributed by atoms with Crippen molar-refractivity contribution in [1.29, 1.82) is 0 Å². The van der Waals surface area contributed by atoms with E-state index in [0.717, 1.165) is 6.07 Å². The summed E-state index contributed by atoms with van der Waals surface area (Å²) in [7, 11) is 0. The number of halogens is 1. The number of nitro benzene ring substituents is 1. The van der Waals surface area contributed by atoms with Gasteiger partial charge >= 0.3 is 5.69 Å². The molecule has 2 rings (SSSR count). The molecule has 1 heterocycles. The molecule has 17 heavy (non-hydrogen) atoms. The van der Waals surface area contributed by atoms with Gasteiger partial charge in [-0.3, -0.25) is 10.1 Å². The molecule has 0 spiro atoms. The van der Waals surface area contributed by atoms with Gasteiger partial charge in [-0.05, 0) is 30.7 Å². The number of rotatable bonds is 2. The van der Waals surface area contributed by atoms with Gasteiger partial charge < -0.3 is 0 Å². The highest BCUT2D eigenvalue weighted by Gasteiger charge is 2.17. The summed E-state index contributed by atoms with van der Waals surface area (Å²) in [6, 6.07) is 5.63. The van der Waals surface area contributed by atoms with E-state index in [4.69, 9.17) is 0 Å². The lowest BCUT2D eigenvalue weighted by Crippen LogP contribution is -1.96. The van der Waals surface area contributed by atoms with E-state index in [-0.39, 0.29) is 0 Å². The van der Waals surface area contributed by atoms with Gasteiger partial charge in [-0.1, -0.05) is 0 Å². The van der Waals surface area contributed by atoms with E-state index in [1.165, 1.54) is 12.3 Å². The van der Waals surface area contributed by atoms with Gasteiger partial charge in [0.25, 0.3) is 0 Å². The average Bonchev–Trinajstić information content (AvgIpc) is 2.29. The fraction of sp³-hybridized carbons (Fsp3) is 0.0909. The van der Waals surface area contributed by atoms with Gasteiger partial charge in [-0.25, -0.2) is 0 Å². The van der Waals surface area contributed by atoms with E-state index in [0.29, 0.717) is 16.8 Å². The van der Waals surface area contributed by atoms with Gasteiger partial charge in [0.05, 0.1) is 10.6 Å². The van der Waals surface area contributed by atoms with Crippen molar-refractivity contribution < 1.29 is 9.31 Å². The average molecular weight is 233 g/mol. The Morgan fingerprint density at radius 3 is 2.76 bits per heavy atom. The number of benzene rings is 1. The summed E-state index contributed by atoms with van der Waals surface area (Å²) in [5.41, 5.74) is 1.00. The largest absolute Gasteiger partial charge is 0.305 e. The third kappa shape index (κ3) is 2.10. The molecule has 1 aromatic heterocycles. The second-order valence-electron chi connectivity index (χ2n) is 3.48. The summed E-state index contributed by atoms with van der Waals surface area (Å²) in [6.45, 7) is 1.66. The molecule has 0 aliphatic heterocycles. The second-order valence-corrected chi connectivity index (χ2v) is 3.48. The minimum atomic E-state index is -0.847. The van der Waals surface area contributed by atoms with Gasteiger partial charge in [0.2, 0.25) is 5.82 Å². The molecule has 0 unspecified atom stereocenters. The molecule has 86 valence electrons. The molecule has 0 bridgehead atoms. The van der Waals surface area contributed by atoms with Crippen LogP contribution in [0, 0.1) is 22.9 Å². The van der Waals surface area contributed by atoms with Crippen molar-refractivity contribution in [2.24, 2.45) is 0 Å². The van der Waals surface area contributed by atoms with Crippen LogP contribution in [0.25, 0.3) is 11.3 Å². The Hall–Kier alpha value is -2.37. The van der Waals surface area contributed by atoms with Gasteiger partial charge in [-0.15, -0.1) is 0 Å². The van der Waals surface area contributed by atoms with Gasteiger partial charge in [-0.2, -0.15) is 14.6 Å². The van der Waals surface area contributed by atoms with E-state index in [9.17, 15) is 14.5 Å². The van der Waals surface area contributed by atoms with Gasteiger partial charge in [0.15, 0.2) is 0 Å². The van der Waals surface area contributed by atoms with Crippen LogP contribution in [0.1, 0.15) is 5.56 Å². The Balaban J connectivity index is 2.63. The predicted molar refractivity (Wildman–Crippen MR) is 58.8 cm³/mol. The molecule has 0 aliphatic carbocycles. The van der Waals surface area contributed by atoms with Crippen LogP contribution in [0.2, 0.25) is 0 Å². The van der Waals surface area contributed by atoms with Crippen LogP contribution in [-0.2, 0) is 0 Å². The molecule has 0 fully saturated rings. The molecule has 0 saturated carbocycles. The number of aromatic nitrogens is 2. The first kappa shape index (κ1) is 11.1. The highest BCUT2D eigenvalue weighted by molar-refractivity contribution is 5.66. The maximum atomic E-state index is 13.3. The first-order chi connectivity index (χ1) is 8.09. The zero-order valence-electron chi connectivity index (χ0n) is 8.92. The van der Waals surface area contributed by atoms with Crippen molar-refractivity contribution in [2.75, 3.05) is 0 Å². The third-order valence-electron chi connectivity index (χ3n) is 2.34. The predicted octanol–water partition coefficient (Wildman–Crippen LogP) is 2.50. The Kier molecular flexibility index (Phi) is 2.78. The van der Waals surface area contributed by atoms with Crippen molar-refractivity contribution in [3.63, 3.8) is 0 Å². The normalized spacial score (nSPS) is 10.2. The standard InChI is InChI=1S/C11H8FN3O2/c1-7-5-9(12)11(15(16)17)6-8(7)10-3-2-4-13-14-10/h2-6H,1H3. The fourth-order valence-electron chi connectivity index (χ4n) is 1.52. The van der Waals surface area contributed by atoms with E-state index in [2.05, 4.69) is 10.2 Å². The van der Waals surface area contributed by atoms with Crippen molar-refractivity contribution in [3.8, 4) is 11.3 Å². The topological polar surface area (TPSA) is 68.9 Å². The molecule has 0 radical (unpaired) electrons. The third-order valence-corrected chi connectivity index (χ3v) is 2.34. The maximum absolute atomic E-state index is 13.3. The molecule has 1 aromatic carbocycles. The molecule has 0 N–H and O–H groups in total. The van der Waals surface area contributed by atoms with Crippen LogP contribution < -0.4 is 0 Å². The Bertz CT molecular complexity index is 572.